The maximum Gasteiger partial charge on any atom is 0.267 e. The molecule has 1 aliphatic rings. The molecular formula is C18H15N3O2S. The van der Waals surface area contributed by atoms with Crippen molar-refractivity contribution >= 4 is 34.6 Å². The van der Waals surface area contributed by atoms with Crippen molar-refractivity contribution in [3.05, 3.63) is 71.9 Å². The van der Waals surface area contributed by atoms with Crippen molar-refractivity contribution in [2.45, 2.75) is 0 Å². The highest BCUT2D eigenvalue weighted by Gasteiger charge is 2.32. The molecule has 0 bridgehead atoms. The van der Waals surface area contributed by atoms with Crippen molar-refractivity contribution in [2.75, 3.05) is 6.54 Å². The zero-order valence-electron chi connectivity index (χ0n) is 12.8. The van der Waals surface area contributed by atoms with Gasteiger partial charge in [0.15, 0.2) is 5.17 Å². The van der Waals surface area contributed by atoms with Crippen molar-refractivity contribution in [3.63, 3.8) is 0 Å². The number of phenols is 1. The summed E-state index contributed by atoms with van der Waals surface area (Å²) in [5, 5.41) is 10.1. The van der Waals surface area contributed by atoms with E-state index in [9.17, 15) is 9.90 Å². The Hall–Kier alpha value is -2.86. The summed E-state index contributed by atoms with van der Waals surface area (Å²) >= 11 is 1.29. The van der Waals surface area contributed by atoms with Crippen molar-refractivity contribution in [2.24, 2.45) is 4.99 Å². The molecule has 1 aliphatic heterocycles. The third-order valence-electron chi connectivity index (χ3n) is 3.24. The fraction of sp³-hybridized carbons (Fsp3) is 0.0556. The molecule has 2 aromatic rings. The molecule has 0 saturated carbocycles. The molecule has 0 unspecified atom stereocenters. The summed E-state index contributed by atoms with van der Waals surface area (Å²) in [6.45, 7) is 4.06. The van der Waals surface area contributed by atoms with E-state index in [4.69, 9.17) is 0 Å². The van der Waals surface area contributed by atoms with Crippen LogP contribution in [0.25, 0.3) is 6.08 Å². The molecule has 1 N–H and O–H groups in total. The number of hydrogen-bond donors (Lipinski definition) is 1. The Kier molecular flexibility index (Phi) is 4.77. The SMILES string of the molecule is C=CCN1C(=O)/C(=C/c2cccnc2)SC1=Nc1cccc(O)c1. The van der Waals surface area contributed by atoms with Gasteiger partial charge in [0, 0.05) is 25.0 Å². The van der Waals surface area contributed by atoms with Crippen LogP contribution in [0.5, 0.6) is 5.75 Å². The lowest BCUT2D eigenvalue weighted by molar-refractivity contribution is -0.121. The van der Waals surface area contributed by atoms with E-state index in [0.29, 0.717) is 22.3 Å². The number of aliphatic imine (C=N–C) groups is 1. The van der Waals surface area contributed by atoms with E-state index in [-0.39, 0.29) is 11.7 Å². The van der Waals surface area contributed by atoms with E-state index in [0.717, 1.165) is 5.56 Å². The molecule has 120 valence electrons. The van der Waals surface area contributed by atoms with Gasteiger partial charge in [-0.3, -0.25) is 14.7 Å². The molecular weight excluding hydrogens is 322 g/mol. The highest BCUT2D eigenvalue weighted by Crippen LogP contribution is 2.34. The first-order valence-corrected chi connectivity index (χ1v) is 8.09. The van der Waals surface area contributed by atoms with Gasteiger partial charge in [0.2, 0.25) is 0 Å². The summed E-state index contributed by atoms with van der Waals surface area (Å²) < 4.78 is 0. The van der Waals surface area contributed by atoms with Gasteiger partial charge < -0.3 is 5.11 Å². The number of amides is 1. The first kappa shape index (κ1) is 16.0. The third-order valence-corrected chi connectivity index (χ3v) is 4.24. The Labute approximate surface area is 144 Å². The molecule has 1 amide bonds. The van der Waals surface area contributed by atoms with E-state index in [1.54, 1.807) is 53.7 Å². The van der Waals surface area contributed by atoms with Crippen LogP contribution in [0.4, 0.5) is 5.69 Å². The number of thioether (sulfide) groups is 1. The van der Waals surface area contributed by atoms with Crippen molar-refractivity contribution in [3.8, 4) is 5.75 Å². The minimum absolute atomic E-state index is 0.123. The monoisotopic (exact) mass is 337 g/mol. The van der Waals surface area contributed by atoms with Gasteiger partial charge in [-0.05, 0) is 41.6 Å². The summed E-state index contributed by atoms with van der Waals surface area (Å²) in [5.41, 5.74) is 1.44. The Morgan fingerprint density at radius 1 is 1.33 bits per heavy atom. The summed E-state index contributed by atoms with van der Waals surface area (Å²) in [5.74, 6) is 0.00947. The van der Waals surface area contributed by atoms with Gasteiger partial charge in [-0.25, -0.2) is 4.99 Å². The lowest BCUT2D eigenvalue weighted by atomic mass is 10.2. The molecule has 0 aliphatic carbocycles. The lowest BCUT2D eigenvalue weighted by Gasteiger charge is -2.12. The van der Waals surface area contributed by atoms with Crippen LogP contribution in [0.2, 0.25) is 0 Å². The minimum atomic E-state index is -0.123. The Morgan fingerprint density at radius 2 is 2.21 bits per heavy atom. The molecule has 0 atom stereocenters. The lowest BCUT2D eigenvalue weighted by Crippen LogP contribution is -2.29. The van der Waals surface area contributed by atoms with E-state index in [1.165, 1.54) is 11.8 Å². The normalized spacial score (nSPS) is 17.7. The Bertz CT molecular complexity index is 831. The van der Waals surface area contributed by atoms with Crippen LogP contribution in [0, 0.1) is 0 Å². The number of hydrogen-bond acceptors (Lipinski definition) is 5. The zero-order chi connectivity index (χ0) is 16.9. The second-order valence-electron chi connectivity index (χ2n) is 5.02. The highest BCUT2D eigenvalue weighted by atomic mass is 32.2. The third kappa shape index (κ3) is 3.55. The average Bonchev–Trinajstić information content (AvgIpc) is 2.85. The van der Waals surface area contributed by atoms with Crippen LogP contribution >= 0.6 is 11.8 Å². The number of phenolic OH excluding ortho intramolecular Hbond substituents is 1. The Morgan fingerprint density at radius 3 is 2.92 bits per heavy atom. The fourth-order valence-electron chi connectivity index (χ4n) is 2.17. The molecule has 5 nitrogen and oxygen atoms in total. The predicted octanol–water partition coefficient (Wildman–Crippen LogP) is 3.58. The topological polar surface area (TPSA) is 65.8 Å². The van der Waals surface area contributed by atoms with Crippen LogP contribution in [0.3, 0.4) is 0 Å². The van der Waals surface area contributed by atoms with E-state index < -0.39 is 0 Å². The largest absolute Gasteiger partial charge is 0.508 e. The van der Waals surface area contributed by atoms with Crippen molar-refractivity contribution in [1.29, 1.82) is 0 Å². The number of carbonyl (C=O) groups is 1. The van der Waals surface area contributed by atoms with Crippen LogP contribution in [-0.2, 0) is 4.79 Å². The van der Waals surface area contributed by atoms with E-state index in [2.05, 4.69) is 16.6 Å². The number of aromatic nitrogens is 1. The first-order chi connectivity index (χ1) is 11.7. The van der Waals surface area contributed by atoms with Gasteiger partial charge in [0.25, 0.3) is 5.91 Å². The smallest absolute Gasteiger partial charge is 0.267 e. The number of rotatable bonds is 4. The van der Waals surface area contributed by atoms with Gasteiger partial charge in [-0.1, -0.05) is 18.2 Å². The van der Waals surface area contributed by atoms with Gasteiger partial charge in [0.1, 0.15) is 5.75 Å². The second-order valence-corrected chi connectivity index (χ2v) is 6.02. The number of benzene rings is 1. The molecule has 3 rings (SSSR count). The zero-order valence-corrected chi connectivity index (χ0v) is 13.6. The van der Waals surface area contributed by atoms with Crippen molar-refractivity contribution in [1.82, 2.24) is 9.88 Å². The van der Waals surface area contributed by atoms with Gasteiger partial charge in [-0.15, -0.1) is 6.58 Å². The fourth-order valence-corrected chi connectivity index (χ4v) is 3.18. The molecule has 24 heavy (non-hydrogen) atoms. The summed E-state index contributed by atoms with van der Waals surface area (Å²) in [6, 6.07) is 10.3. The quantitative estimate of drug-likeness (QED) is 0.684. The van der Waals surface area contributed by atoms with Crippen LogP contribution in [0.1, 0.15) is 5.56 Å². The standard InChI is InChI=1S/C18H15N3O2S/c1-2-9-21-17(23)16(10-13-5-4-8-19-12-13)24-18(21)20-14-6-3-7-15(22)11-14/h2-8,10-12,22H,1,9H2/b16-10-,20-18?. The average molecular weight is 337 g/mol. The number of aromatic hydroxyl groups is 1. The number of pyridine rings is 1. The van der Waals surface area contributed by atoms with Gasteiger partial charge in [-0.2, -0.15) is 0 Å². The van der Waals surface area contributed by atoms with E-state index in [1.807, 2.05) is 12.1 Å². The molecule has 0 radical (unpaired) electrons. The maximum absolute atomic E-state index is 12.6. The molecule has 2 heterocycles. The van der Waals surface area contributed by atoms with E-state index >= 15 is 0 Å². The van der Waals surface area contributed by atoms with Gasteiger partial charge >= 0.3 is 0 Å². The molecule has 1 aromatic carbocycles. The Balaban J connectivity index is 1.95. The van der Waals surface area contributed by atoms with Crippen LogP contribution in [0.15, 0.2) is 71.3 Å². The molecule has 6 heteroatoms. The summed E-state index contributed by atoms with van der Waals surface area (Å²) in [7, 11) is 0. The second kappa shape index (κ2) is 7.14. The minimum Gasteiger partial charge on any atom is -0.508 e. The summed E-state index contributed by atoms with van der Waals surface area (Å²) in [4.78, 5) is 23.3. The number of carbonyl (C=O) groups excluding carboxylic acids is 1. The van der Waals surface area contributed by atoms with Crippen LogP contribution in [-0.4, -0.2) is 32.6 Å². The molecule has 0 spiro atoms. The molecule has 1 fully saturated rings. The van der Waals surface area contributed by atoms with Crippen molar-refractivity contribution < 1.29 is 9.90 Å². The van der Waals surface area contributed by atoms with Crippen LogP contribution < -0.4 is 0 Å². The number of nitrogens with zero attached hydrogens (tertiary/aromatic N) is 3. The summed E-state index contributed by atoms with van der Waals surface area (Å²) in [6.07, 6.45) is 6.83. The maximum atomic E-state index is 12.6. The molecule has 1 aromatic heterocycles. The predicted molar refractivity (Wildman–Crippen MR) is 96.9 cm³/mol. The highest BCUT2D eigenvalue weighted by molar-refractivity contribution is 8.18. The number of amidine groups is 1. The first-order valence-electron chi connectivity index (χ1n) is 7.27. The molecule has 1 saturated heterocycles. The van der Waals surface area contributed by atoms with Gasteiger partial charge in [0.05, 0.1) is 10.6 Å².